The maximum Gasteiger partial charge on any atom is 0.407 e. The Morgan fingerprint density at radius 2 is 1.69 bits per heavy atom. The van der Waals surface area contributed by atoms with Crippen LogP contribution in [0, 0.1) is 29.5 Å². The van der Waals surface area contributed by atoms with Crippen molar-refractivity contribution in [3.63, 3.8) is 0 Å². The van der Waals surface area contributed by atoms with E-state index in [2.05, 4.69) is 5.32 Å². The molecule has 1 saturated heterocycles. The van der Waals surface area contributed by atoms with Crippen molar-refractivity contribution in [1.82, 2.24) is 10.2 Å². The number of nitrogens with two attached hydrogens (primary N) is 1. The van der Waals surface area contributed by atoms with Gasteiger partial charge in [-0.2, -0.15) is 0 Å². The van der Waals surface area contributed by atoms with Crippen LogP contribution in [0.2, 0.25) is 0 Å². The van der Waals surface area contributed by atoms with Gasteiger partial charge >= 0.3 is 12.1 Å². The fraction of sp³-hybridized carbons (Fsp3) is 0.688. The zero-order chi connectivity index (χ0) is 30.8. The molecule has 232 valence electrons. The highest BCUT2D eigenvalue weighted by Crippen LogP contribution is 2.48. The summed E-state index contributed by atoms with van der Waals surface area (Å²) < 4.78 is 20.8. The largest absolute Gasteiger partial charge is 0.478 e. The van der Waals surface area contributed by atoms with Crippen LogP contribution in [0.1, 0.15) is 107 Å². The molecule has 4 N–H and O–H groups in total. The number of carboxylic acids is 1. The zero-order valence-electron chi connectivity index (χ0n) is 25.2. The highest BCUT2D eigenvalue weighted by molar-refractivity contribution is 5.91. The van der Waals surface area contributed by atoms with E-state index in [1.54, 1.807) is 0 Å². The molecule has 3 amide bonds. The maximum absolute atomic E-state index is 15.4. The third-order valence-corrected chi connectivity index (χ3v) is 9.55. The molecule has 2 aliphatic carbocycles. The molecule has 4 rings (SSSR count). The Bertz CT molecular complexity index is 1170. The van der Waals surface area contributed by atoms with Crippen LogP contribution in [0.4, 0.5) is 9.18 Å². The van der Waals surface area contributed by atoms with Crippen molar-refractivity contribution in [3.8, 4) is 0 Å². The molecule has 1 aliphatic heterocycles. The molecule has 3 aliphatic rings. The van der Waals surface area contributed by atoms with Gasteiger partial charge in [-0.1, -0.05) is 38.2 Å². The fourth-order valence-corrected chi connectivity index (χ4v) is 7.65. The smallest absolute Gasteiger partial charge is 0.407 e. The van der Waals surface area contributed by atoms with E-state index in [4.69, 9.17) is 10.5 Å². The normalized spacial score (nSPS) is 27.7. The number of ether oxygens (including phenoxy) is 1. The number of hydrogen-bond acceptors (Lipinski definition) is 5. The van der Waals surface area contributed by atoms with Crippen molar-refractivity contribution in [3.05, 3.63) is 35.1 Å². The highest BCUT2D eigenvalue weighted by atomic mass is 19.1. The fourth-order valence-electron chi connectivity index (χ4n) is 7.65. The van der Waals surface area contributed by atoms with Gasteiger partial charge in [0.2, 0.25) is 11.8 Å². The number of alkyl carbamates (subject to hydrolysis) is 1. The number of primary amides is 1. The Labute approximate surface area is 247 Å². The van der Waals surface area contributed by atoms with E-state index in [0.29, 0.717) is 25.7 Å². The third-order valence-electron chi connectivity index (χ3n) is 9.55. The van der Waals surface area contributed by atoms with Crippen molar-refractivity contribution < 1.29 is 33.4 Å². The van der Waals surface area contributed by atoms with E-state index in [9.17, 15) is 24.3 Å². The minimum absolute atomic E-state index is 0.0378. The second-order valence-electron chi connectivity index (χ2n) is 13.5. The van der Waals surface area contributed by atoms with Crippen molar-refractivity contribution >= 4 is 23.9 Å². The number of amides is 3. The van der Waals surface area contributed by atoms with Crippen LogP contribution >= 0.6 is 0 Å². The first-order chi connectivity index (χ1) is 19.8. The number of hydrogen-bond donors (Lipinski definition) is 3. The minimum Gasteiger partial charge on any atom is -0.478 e. The summed E-state index contributed by atoms with van der Waals surface area (Å²) in [5.41, 5.74) is 5.32. The van der Waals surface area contributed by atoms with Gasteiger partial charge in [0.05, 0.1) is 5.56 Å². The van der Waals surface area contributed by atoms with Crippen LogP contribution in [0.5, 0.6) is 0 Å². The van der Waals surface area contributed by atoms with Crippen molar-refractivity contribution in [2.75, 3.05) is 6.54 Å². The summed E-state index contributed by atoms with van der Waals surface area (Å²) >= 11 is 0. The average molecular weight is 588 g/mol. The molecule has 10 heteroatoms. The third kappa shape index (κ3) is 7.06. The average Bonchev–Trinajstić information content (AvgIpc) is 3.32. The van der Waals surface area contributed by atoms with E-state index < -0.39 is 47.3 Å². The van der Waals surface area contributed by atoms with Gasteiger partial charge in [0.1, 0.15) is 17.5 Å². The number of likely N-dealkylation sites (tertiary alicyclic amines) is 1. The van der Waals surface area contributed by atoms with E-state index in [-0.39, 0.29) is 47.4 Å². The van der Waals surface area contributed by atoms with E-state index in [0.717, 1.165) is 32.1 Å². The summed E-state index contributed by atoms with van der Waals surface area (Å²) in [6.45, 7) is 7.43. The van der Waals surface area contributed by atoms with Gasteiger partial charge < -0.3 is 25.8 Å². The molecule has 2 unspecified atom stereocenters. The van der Waals surface area contributed by atoms with Gasteiger partial charge in [-0.15, -0.1) is 0 Å². The molecule has 0 bridgehead atoms. The molecule has 1 aromatic carbocycles. The summed E-state index contributed by atoms with van der Waals surface area (Å²) in [4.78, 5) is 53.0. The topological polar surface area (TPSA) is 139 Å². The molecule has 42 heavy (non-hydrogen) atoms. The van der Waals surface area contributed by atoms with E-state index in [1.807, 2.05) is 27.7 Å². The first-order valence-electron chi connectivity index (χ1n) is 15.4. The molecule has 0 radical (unpaired) electrons. The molecular formula is C32H46FN3O6. The van der Waals surface area contributed by atoms with Crippen LogP contribution in [0.15, 0.2) is 18.2 Å². The van der Waals surface area contributed by atoms with Crippen LogP contribution in [-0.2, 0) is 14.3 Å². The summed E-state index contributed by atoms with van der Waals surface area (Å²) in [5.74, 6) is -3.89. The number of rotatable bonds is 7. The molecule has 4 atom stereocenters. The molecule has 0 aromatic heterocycles. The zero-order valence-corrected chi connectivity index (χ0v) is 25.2. The first kappa shape index (κ1) is 31.8. The number of carboxylic acid groups (broad SMARTS) is 1. The lowest BCUT2D eigenvalue weighted by Gasteiger charge is -2.37. The summed E-state index contributed by atoms with van der Waals surface area (Å²) in [5, 5.41) is 12.8. The van der Waals surface area contributed by atoms with Gasteiger partial charge in [-0.3, -0.25) is 9.59 Å². The van der Waals surface area contributed by atoms with Crippen molar-refractivity contribution in [2.24, 2.45) is 29.4 Å². The second kappa shape index (κ2) is 13.0. The molecule has 0 spiro atoms. The molecule has 2 saturated carbocycles. The Kier molecular flexibility index (Phi) is 9.83. The number of nitrogens with zero attached hydrogens (tertiary/aromatic N) is 1. The number of benzene rings is 1. The summed E-state index contributed by atoms with van der Waals surface area (Å²) in [6, 6.07) is 2.96. The summed E-state index contributed by atoms with van der Waals surface area (Å²) in [7, 11) is 0. The van der Waals surface area contributed by atoms with Crippen LogP contribution in [0.25, 0.3) is 0 Å². The monoisotopic (exact) mass is 587 g/mol. The maximum atomic E-state index is 15.4. The molecule has 1 aromatic rings. The van der Waals surface area contributed by atoms with Gasteiger partial charge in [-0.05, 0) is 83.3 Å². The quantitative estimate of drug-likeness (QED) is 0.400. The first-order valence-corrected chi connectivity index (χ1v) is 15.4. The molecule has 9 nitrogen and oxygen atoms in total. The van der Waals surface area contributed by atoms with Gasteiger partial charge in [0.25, 0.3) is 0 Å². The predicted molar refractivity (Wildman–Crippen MR) is 155 cm³/mol. The number of halogens is 1. The Hall–Kier alpha value is -3.17. The van der Waals surface area contributed by atoms with Gasteiger partial charge in [-0.25, -0.2) is 14.0 Å². The van der Waals surface area contributed by atoms with Crippen molar-refractivity contribution in [1.29, 1.82) is 0 Å². The molecular weight excluding hydrogens is 541 g/mol. The van der Waals surface area contributed by atoms with Crippen molar-refractivity contribution in [2.45, 2.75) is 109 Å². The van der Waals surface area contributed by atoms with Crippen LogP contribution in [-0.4, -0.2) is 58.1 Å². The van der Waals surface area contributed by atoms with E-state index in [1.165, 1.54) is 23.1 Å². The standard InChI is InChI=1S/C32H46FN3O6/c1-18(35-31(41)42-32(2,3)4)19-13-15-21(16-14-19)29(38)36-17-23(26-22(30(39)40)11-8-12-24(26)33)25(27(36)28(34)37)20-9-6-5-7-10-20/h8,11-12,18-21,23,25,27H,5-7,9-10,13-17H2,1-4H3,(H2,34,37)(H,35,41)(H,39,40)/t18?,19-,21-,23?,25-,27-/m0/s1. The predicted octanol–water partition coefficient (Wildman–Crippen LogP) is 5.22. The Balaban J connectivity index is 1.55. The van der Waals surface area contributed by atoms with Crippen LogP contribution < -0.4 is 11.1 Å². The molecule has 1 heterocycles. The number of nitrogens with one attached hydrogen (secondary N) is 1. The summed E-state index contributed by atoms with van der Waals surface area (Å²) in [6.07, 6.45) is 6.81. The van der Waals surface area contributed by atoms with Gasteiger partial charge in [0.15, 0.2) is 0 Å². The number of aromatic carboxylic acids is 1. The Morgan fingerprint density at radius 3 is 2.26 bits per heavy atom. The lowest BCUT2D eigenvalue weighted by atomic mass is 9.70. The minimum atomic E-state index is -1.24. The molecule has 3 fully saturated rings. The lowest BCUT2D eigenvalue weighted by Crippen LogP contribution is -2.50. The lowest BCUT2D eigenvalue weighted by molar-refractivity contribution is -0.143. The van der Waals surface area contributed by atoms with Crippen LogP contribution in [0.3, 0.4) is 0 Å². The SMILES string of the molecule is CC(NC(=O)OC(C)(C)C)[C@H]1CC[C@H](C(=O)N2CC(c3c(F)cccc3C(=O)O)[C@H](C3CCCCC3)[C@H]2C(N)=O)CC1. The van der Waals surface area contributed by atoms with Gasteiger partial charge in [0, 0.05) is 30.0 Å². The van der Waals surface area contributed by atoms with E-state index >= 15 is 4.39 Å². The number of carbonyl (C=O) groups is 4. The second-order valence-corrected chi connectivity index (χ2v) is 13.5. The Morgan fingerprint density at radius 1 is 1.05 bits per heavy atom. The highest BCUT2D eigenvalue weighted by Gasteiger charge is 2.52. The number of carbonyl (C=O) groups excluding carboxylic acids is 3.